The Labute approximate surface area is 210 Å². The molecular weight excluding hydrogens is 426 g/mol. The van der Waals surface area contributed by atoms with Crippen LogP contribution in [0.4, 0.5) is 0 Å². The number of nitrogens with zero attached hydrogens (tertiary/aromatic N) is 1. The van der Waals surface area contributed by atoms with Crippen molar-refractivity contribution in [1.29, 1.82) is 0 Å². The van der Waals surface area contributed by atoms with Crippen molar-refractivity contribution in [2.24, 2.45) is 0 Å². The van der Waals surface area contributed by atoms with Gasteiger partial charge in [-0.2, -0.15) is 0 Å². The minimum atomic E-state index is -2.59. The summed E-state index contributed by atoms with van der Waals surface area (Å²) in [7, 11) is 2.65. The predicted octanol–water partition coefficient (Wildman–Crippen LogP) is 8.37. The first-order chi connectivity index (χ1) is 16.0. The normalized spacial score (nSPS) is 13.5. The van der Waals surface area contributed by atoms with Gasteiger partial charge in [0.05, 0.1) is 31.7 Å². The van der Waals surface area contributed by atoms with Crippen LogP contribution < -0.4 is 0 Å². The van der Waals surface area contributed by atoms with Crippen molar-refractivity contribution < 1.29 is 17.8 Å². The van der Waals surface area contributed by atoms with Crippen LogP contribution in [0.3, 0.4) is 0 Å². The quantitative estimate of drug-likeness (QED) is 0.0733. The Morgan fingerprint density at radius 1 is 0.515 bits per heavy atom. The highest BCUT2D eigenvalue weighted by molar-refractivity contribution is 6.62. The molecule has 0 aliphatic carbocycles. The molecule has 0 saturated carbocycles. The fourth-order valence-electron chi connectivity index (χ4n) is 5.75. The van der Waals surface area contributed by atoms with Gasteiger partial charge in [0.15, 0.2) is 0 Å². The van der Waals surface area contributed by atoms with Gasteiger partial charge in [-0.05, 0) is 25.7 Å². The molecule has 33 heavy (non-hydrogen) atoms. The van der Waals surface area contributed by atoms with E-state index in [1.54, 1.807) is 21.3 Å². The molecule has 0 bridgehead atoms. The van der Waals surface area contributed by atoms with Gasteiger partial charge in [-0.1, -0.05) is 105 Å². The molecule has 0 amide bonds. The van der Waals surface area contributed by atoms with E-state index >= 15 is 0 Å². The third-order valence-electron chi connectivity index (χ3n) is 7.50. The van der Waals surface area contributed by atoms with Gasteiger partial charge < -0.3 is 17.8 Å². The molecule has 0 aromatic heterocycles. The molecule has 1 atom stereocenters. The summed E-state index contributed by atoms with van der Waals surface area (Å²) in [5.41, 5.74) is 0.308. The van der Waals surface area contributed by atoms with Crippen LogP contribution in [-0.2, 0) is 13.3 Å². The van der Waals surface area contributed by atoms with Crippen molar-refractivity contribution >= 4 is 8.80 Å². The SMILES string of the molecule is CCCCCCCCCCCCCCCC[N+](CCC)(CCC)CC(C)[Si](OC)(OC)OC. The summed E-state index contributed by atoms with van der Waals surface area (Å²) >= 11 is 0. The molecule has 0 radical (unpaired) electrons. The Bertz CT molecular complexity index is 404. The zero-order chi connectivity index (χ0) is 24.8. The molecule has 5 heteroatoms. The monoisotopic (exact) mass is 488 g/mol. The Balaban J connectivity index is 4.26. The van der Waals surface area contributed by atoms with Crippen LogP contribution in [0.2, 0.25) is 5.54 Å². The predicted molar refractivity (Wildman–Crippen MR) is 147 cm³/mol. The van der Waals surface area contributed by atoms with Gasteiger partial charge >= 0.3 is 8.80 Å². The van der Waals surface area contributed by atoms with Crippen molar-refractivity contribution in [3.05, 3.63) is 0 Å². The first-order valence-electron chi connectivity index (χ1n) is 14.5. The molecule has 4 nitrogen and oxygen atoms in total. The van der Waals surface area contributed by atoms with E-state index in [2.05, 4.69) is 27.7 Å². The molecule has 1 unspecified atom stereocenters. The second-order valence-corrected chi connectivity index (χ2v) is 13.8. The summed E-state index contributed by atoms with van der Waals surface area (Å²) in [6.45, 7) is 14.1. The maximum Gasteiger partial charge on any atom is 0.508 e. The van der Waals surface area contributed by atoms with Crippen LogP contribution >= 0.6 is 0 Å². The molecule has 0 heterocycles. The Hall–Kier alpha value is 0.0569. The van der Waals surface area contributed by atoms with E-state index in [-0.39, 0.29) is 0 Å². The van der Waals surface area contributed by atoms with E-state index in [1.807, 2.05) is 0 Å². The van der Waals surface area contributed by atoms with Crippen LogP contribution in [0.5, 0.6) is 0 Å². The Kier molecular flexibility index (Phi) is 21.4. The Morgan fingerprint density at radius 2 is 0.879 bits per heavy atom. The number of rotatable bonds is 25. The molecule has 0 N–H and O–H groups in total. The summed E-state index contributed by atoms with van der Waals surface area (Å²) in [5, 5.41) is 0. The van der Waals surface area contributed by atoms with Gasteiger partial charge in [0.2, 0.25) is 0 Å². The lowest BCUT2D eigenvalue weighted by atomic mass is 10.0. The Morgan fingerprint density at radius 3 is 1.21 bits per heavy atom. The first-order valence-corrected chi connectivity index (χ1v) is 16.3. The third-order valence-corrected chi connectivity index (χ3v) is 10.6. The minimum Gasteiger partial charge on any atom is -0.377 e. The molecule has 0 aromatic rings. The van der Waals surface area contributed by atoms with Gasteiger partial charge in [-0.25, -0.2) is 0 Å². The summed E-state index contributed by atoms with van der Waals surface area (Å²) in [4.78, 5) is 0. The van der Waals surface area contributed by atoms with Crippen molar-refractivity contribution in [2.75, 3.05) is 47.5 Å². The van der Waals surface area contributed by atoms with Crippen LogP contribution in [-0.4, -0.2) is 60.8 Å². The largest absolute Gasteiger partial charge is 0.508 e. The first kappa shape index (κ1) is 33.1. The lowest BCUT2D eigenvalue weighted by Crippen LogP contribution is -2.57. The van der Waals surface area contributed by atoms with Crippen molar-refractivity contribution in [3.8, 4) is 0 Å². The smallest absolute Gasteiger partial charge is 0.377 e. The standard InChI is InChI=1S/C28H62NO3Si/c1-8-11-12-13-14-15-16-17-18-19-20-21-22-23-26-29(24-9-2,25-10-3)27-28(4)33(30-5,31-6)32-7/h28H,8-27H2,1-7H3/q+1. The van der Waals surface area contributed by atoms with Crippen LogP contribution in [0.1, 0.15) is 130 Å². The highest BCUT2D eigenvalue weighted by Gasteiger charge is 2.48. The zero-order valence-electron chi connectivity index (χ0n) is 23.9. The van der Waals surface area contributed by atoms with E-state index in [9.17, 15) is 0 Å². The topological polar surface area (TPSA) is 27.7 Å². The van der Waals surface area contributed by atoms with Gasteiger partial charge in [0.1, 0.15) is 0 Å². The maximum absolute atomic E-state index is 5.81. The molecule has 0 fully saturated rings. The summed E-state index contributed by atoms with van der Waals surface area (Å²) in [6.07, 6.45) is 22.3. The van der Waals surface area contributed by atoms with Gasteiger partial charge in [-0.3, -0.25) is 0 Å². The van der Waals surface area contributed by atoms with Gasteiger partial charge in [0, 0.05) is 21.3 Å². The fraction of sp³-hybridized carbons (Fsp3) is 1.00. The zero-order valence-corrected chi connectivity index (χ0v) is 24.9. The molecule has 0 aliphatic rings. The molecule has 0 saturated heterocycles. The third kappa shape index (κ3) is 14.3. The van der Waals surface area contributed by atoms with Crippen molar-refractivity contribution in [2.45, 2.75) is 136 Å². The lowest BCUT2D eigenvalue weighted by molar-refractivity contribution is -0.928. The second kappa shape index (κ2) is 21.3. The molecular formula is C28H62NO3Si+. The number of hydrogen-bond donors (Lipinski definition) is 0. The summed E-state index contributed by atoms with van der Waals surface area (Å²) in [5.74, 6) is 0. The van der Waals surface area contributed by atoms with E-state index in [0.717, 1.165) is 6.54 Å². The lowest BCUT2D eigenvalue weighted by Gasteiger charge is -2.43. The van der Waals surface area contributed by atoms with Gasteiger partial charge in [-0.15, -0.1) is 0 Å². The molecule has 0 spiro atoms. The number of hydrogen-bond acceptors (Lipinski definition) is 3. The molecule has 0 aliphatic heterocycles. The van der Waals surface area contributed by atoms with E-state index in [0.29, 0.717) is 5.54 Å². The average Bonchev–Trinajstić information content (AvgIpc) is 2.81. The van der Waals surface area contributed by atoms with Gasteiger partial charge in [0.25, 0.3) is 0 Å². The van der Waals surface area contributed by atoms with Crippen LogP contribution in [0, 0.1) is 0 Å². The van der Waals surface area contributed by atoms with Crippen molar-refractivity contribution in [1.82, 2.24) is 0 Å². The number of unbranched alkanes of at least 4 members (excludes halogenated alkanes) is 13. The van der Waals surface area contributed by atoms with E-state index in [4.69, 9.17) is 13.3 Å². The fourth-order valence-corrected chi connectivity index (χ4v) is 8.06. The summed E-state index contributed by atoms with van der Waals surface area (Å²) in [6, 6.07) is 0. The maximum atomic E-state index is 5.81. The van der Waals surface area contributed by atoms with E-state index in [1.165, 1.54) is 127 Å². The summed E-state index contributed by atoms with van der Waals surface area (Å²) < 4.78 is 18.6. The minimum absolute atomic E-state index is 0.308. The van der Waals surface area contributed by atoms with E-state index < -0.39 is 8.80 Å². The average molecular weight is 489 g/mol. The van der Waals surface area contributed by atoms with Crippen molar-refractivity contribution in [3.63, 3.8) is 0 Å². The van der Waals surface area contributed by atoms with Crippen LogP contribution in [0.15, 0.2) is 0 Å². The molecule has 0 rings (SSSR count). The number of quaternary nitrogens is 1. The highest BCUT2D eigenvalue weighted by Crippen LogP contribution is 2.29. The second-order valence-electron chi connectivity index (χ2n) is 10.4. The molecule has 200 valence electrons. The highest BCUT2D eigenvalue weighted by atomic mass is 28.4. The molecule has 0 aromatic carbocycles. The van der Waals surface area contributed by atoms with Crippen LogP contribution in [0.25, 0.3) is 0 Å².